The number of nitrogens with zero attached hydrogens (tertiary/aromatic N) is 1. The summed E-state index contributed by atoms with van der Waals surface area (Å²) in [6, 6.07) is 8.52. The number of aromatic amines is 1. The van der Waals surface area contributed by atoms with Gasteiger partial charge < -0.3 is 4.74 Å². The van der Waals surface area contributed by atoms with Crippen molar-refractivity contribution in [2.75, 3.05) is 6.61 Å². The molecular formula is C17H18N2O4. The topological polar surface area (TPSA) is 81.2 Å². The van der Waals surface area contributed by atoms with Crippen molar-refractivity contribution in [1.29, 1.82) is 0 Å². The maximum absolute atomic E-state index is 12.8. The first-order valence-electron chi connectivity index (χ1n) is 7.24. The number of carbonyl (C=O) groups excluding carboxylic acids is 1. The third kappa shape index (κ3) is 3.54. The van der Waals surface area contributed by atoms with Crippen LogP contribution in [-0.2, 0) is 17.9 Å². The fourth-order valence-electron chi connectivity index (χ4n) is 2.28. The molecule has 1 aromatic carbocycles. The summed E-state index contributed by atoms with van der Waals surface area (Å²) in [5.41, 5.74) is -0.478. The monoisotopic (exact) mass is 314 g/mol. The van der Waals surface area contributed by atoms with Gasteiger partial charge >= 0.3 is 5.69 Å². The molecule has 2 aromatic rings. The standard InChI is InChI=1S/C17H18N2O4/c1-3-10-23-11-19-14(13(4-2)16(21)18-17(19)22)15(20)12-8-6-5-7-9-12/h3,5-9H,1,4,10-11H2,2H3,(H,18,21,22). The van der Waals surface area contributed by atoms with E-state index in [0.29, 0.717) is 12.0 Å². The fourth-order valence-corrected chi connectivity index (χ4v) is 2.28. The molecule has 0 saturated carbocycles. The molecule has 1 aromatic heterocycles. The number of aromatic nitrogens is 2. The first-order chi connectivity index (χ1) is 11.1. The van der Waals surface area contributed by atoms with E-state index in [2.05, 4.69) is 11.6 Å². The van der Waals surface area contributed by atoms with Crippen LogP contribution >= 0.6 is 0 Å². The molecule has 0 atom stereocenters. The second kappa shape index (κ2) is 7.51. The number of hydrogen-bond donors (Lipinski definition) is 1. The Morgan fingerprint density at radius 3 is 2.61 bits per heavy atom. The zero-order valence-corrected chi connectivity index (χ0v) is 12.9. The van der Waals surface area contributed by atoms with Gasteiger partial charge in [-0.15, -0.1) is 6.58 Å². The zero-order valence-electron chi connectivity index (χ0n) is 12.9. The molecule has 0 bridgehead atoms. The molecule has 0 unspecified atom stereocenters. The van der Waals surface area contributed by atoms with Crippen molar-refractivity contribution in [3.63, 3.8) is 0 Å². The van der Waals surface area contributed by atoms with Crippen LogP contribution in [0.2, 0.25) is 0 Å². The molecule has 1 heterocycles. The molecule has 0 fully saturated rings. The van der Waals surface area contributed by atoms with Gasteiger partial charge in [-0.05, 0) is 6.42 Å². The molecule has 0 aliphatic carbocycles. The van der Waals surface area contributed by atoms with Crippen molar-refractivity contribution in [2.24, 2.45) is 0 Å². The average molecular weight is 314 g/mol. The lowest BCUT2D eigenvalue weighted by molar-refractivity contribution is 0.0872. The van der Waals surface area contributed by atoms with E-state index in [1.165, 1.54) is 6.08 Å². The number of benzene rings is 1. The Labute approximate surface area is 133 Å². The largest absolute Gasteiger partial charge is 0.357 e. The lowest BCUT2D eigenvalue weighted by Gasteiger charge is -2.14. The molecule has 0 saturated heterocycles. The highest BCUT2D eigenvalue weighted by Gasteiger charge is 2.21. The highest BCUT2D eigenvalue weighted by Crippen LogP contribution is 2.11. The van der Waals surface area contributed by atoms with Gasteiger partial charge in [0.1, 0.15) is 12.4 Å². The molecular weight excluding hydrogens is 296 g/mol. The fraction of sp³-hybridized carbons (Fsp3) is 0.235. The summed E-state index contributed by atoms with van der Waals surface area (Å²) in [7, 11) is 0. The normalized spacial score (nSPS) is 10.5. The number of carbonyl (C=O) groups is 1. The molecule has 23 heavy (non-hydrogen) atoms. The van der Waals surface area contributed by atoms with Gasteiger partial charge in [-0.3, -0.25) is 19.1 Å². The number of ketones is 1. The quantitative estimate of drug-likeness (QED) is 0.477. The minimum absolute atomic E-state index is 0.0662. The van der Waals surface area contributed by atoms with E-state index in [1.54, 1.807) is 37.3 Å². The highest BCUT2D eigenvalue weighted by molar-refractivity contribution is 6.08. The third-order valence-corrected chi connectivity index (χ3v) is 3.36. The minimum atomic E-state index is -0.671. The molecule has 6 nitrogen and oxygen atoms in total. The SMILES string of the molecule is C=CCOCn1c(C(=O)c2ccccc2)c(CC)c(=O)[nH]c1=O. The van der Waals surface area contributed by atoms with E-state index >= 15 is 0 Å². The molecule has 0 aliphatic heterocycles. The van der Waals surface area contributed by atoms with Gasteiger partial charge in [0.25, 0.3) is 5.56 Å². The molecule has 0 spiro atoms. The zero-order chi connectivity index (χ0) is 16.8. The van der Waals surface area contributed by atoms with Crippen molar-refractivity contribution in [3.05, 3.63) is 80.6 Å². The summed E-state index contributed by atoms with van der Waals surface area (Å²) >= 11 is 0. The average Bonchev–Trinajstić information content (AvgIpc) is 2.56. The van der Waals surface area contributed by atoms with Crippen molar-refractivity contribution in [1.82, 2.24) is 9.55 Å². The Bertz CT molecular complexity index is 819. The Balaban J connectivity index is 2.62. The summed E-state index contributed by atoms with van der Waals surface area (Å²) in [5, 5.41) is 0. The van der Waals surface area contributed by atoms with E-state index in [9.17, 15) is 14.4 Å². The molecule has 2 rings (SSSR count). The van der Waals surface area contributed by atoms with Crippen LogP contribution in [0, 0.1) is 0 Å². The van der Waals surface area contributed by atoms with Gasteiger partial charge in [0.2, 0.25) is 5.78 Å². The van der Waals surface area contributed by atoms with Crippen LogP contribution in [0.25, 0.3) is 0 Å². The van der Waals surface area contributed by atoms with Crippen LogP contribution in [0.4, 0.5) is 0 Å². The number of hydrogen-bond acceptors (Lipinski definition) is 4. The van der Waals surface area contributed by atoms with Crippen molar-refractivity contribution >= 4 is 5.78 Å². The summed E-state index contributed by atoms with van der Waals surface area (Å²) < 4.78 is 6.44. The number of ether oxygens (including phenoxy) is 1. The number of nitrogens with one attached hydrogen (secondary N) is 1. The first-order valence-corrected chi connectivity index (χ1v) is 7.24. The van der Waals surface area contributed by atoms with Crippen LogP contribution in [0.5, 0.6) is 0 Å². The summed E-state index contributed by atoms with van der Waals surface area (Å²) in [4.78, 5) is 39.2. The van der Waals surface area contributed by atoms with Crippen molar-refractivity contribution in [2.45, 2.75) is 20.1 Å². The number of H-pyrrole nitrogens is 1. The lowest BCUT2D eigenvalue weighted by atomic mass is 10.0. The Morgan fingerprint density at radius 2 is 2.00 bits per heavy atom. The van der Waals surface area contributed by atoms with E-state index in [0.717, 1.165) is 4.57 Å². The molecule has 120 valence electrons. The van der Waals surface area contributed by atoms with Gasteiger partial charge in [0.05, 0.1) is 6.61 Å². The highest BCUT2D eigenvalue weighted by atomic mass is 16.5. The predicted molar refractivity (Wildman–Crippen MR) is 86.7 cm³/mol. The first kappa shape index (κ1) is 16.6. The Kier molecular flexibility index (Phi) is 5.43. The van der Waals surface area contributed by atoms with Gasteiger partial charge in [0, 0.05) is 11.1 Å². The second-order valence-electron chi connectivity index (χ2n) is 4.85. The van der Waals surface area contributed by atoms with E-state index in [-0.39, 0.29) is 30.4 Å². The predicted octanol–water partition coefficient (Wildman–Crippen LogP) is 1.49. The summed E-state index contributed by atoms with van der Waals surface area (Å²) in [6.07, 6.45) is 1.86. The second-order valence-corrected chi connectivity index (χ2v) is 4.85. The molecule has 6 heteroatoms. The van der Waals surface area contributed by atoms with E-state index in [4.69, 9.17) is 4.74 Å². The summed E-state index contributed by atoms with van der Waals surface area (Å²) in [5.74, 6) is -0.382. The van der Waals surface area contributed by atoms with Crippen LogP contribution in [-0.4, -0.2) is 21.9 Å². The van der Waals surface area contributed by atoms with Crippen molar-refractivity contribution in [3.8, 4) is 0 Å². The van der Waals surface area contributed by atoms with Crippen LogP contribution in [0.15, 0.2) is 52.6 Å². The molecule has 0 radical (unpaired) electrons. The smallest absolute Gasteiger partial charge is 0.330 e. The Hall–Kier alpha value is -2.73. The molecule has 0 amide bonds. The van der Waals surface area contributed by atoms with Crippen LogP contribution in [0.1, 0.15) is 28.5 Å². The maximum atomic E-state index is 12.8. The van der Waals surface area contributed by atoms with E-state index in [1.807, 2.05) is 0 Å². The van der Waals surface area contributed by atoms with Crippen LogP contribution < -0.4 is 11.2 Å². The maximum Gasteiger partial charge on any atom is 0.330 e. The summed E-state index contributed by atoms with van der Waals surface area (Å²) in [6.45, 7) is 5.38. The van der Waals surface area contributed by atoms with Gasteiger partial charge in [-0.25, -0.2) is 4.79 Å². The van der Waals surface area contributed by atoms with Gasteiger partial charge in [0.15, 0.2) is 0 Å². The van der Waals surface area contributed by atoms with Crippen LogP contribution in [0.3, 0.4) is 0 Å². The molecule has 1 N–H and O–H groups in total. The van der Waals surface area contributed by atoms with Crippen molar-refractivity contribution < 1.29 is 9.53 Å². The van der Waals surface area contributed by atoms with E-state index < -0.39 is 11.2 Å². The minimum Gasteiger partial charge on any atom is -0.357 e. The lowest BCUT2D eigenvalue weighted by Crippen LogP contribution is -2.37. The third-order valence-electron chi connectivity index (χ3n) is 3.36. The Morgan fingerprint density at radius 1 is 1.30 bits per heavy atom. The van der Waals surface area contributed by atoms with Gasteiger partial charge in [-0.2, -0.15) is 0 Å². The molecule has 0 aliphatic rings. The number of rotatable bonds is 7. The van der Waals surface area contributed by atoms with Gasteiger partial charge in [-0.1, -0.05) is 43.3 Å².